The molecule has 2 heteroatoms. The van der Waals surface area contributed by atoms with E-state index in [4.69, 9.17) is 0 Å². The number of hydrogen-bond donors (Lipinski definition) is 0. The van der Waals surface area contributed by atoms with Gasteiger partial charge in [0.2, 0.25) is 0 Å². The fourth-order valence-corrected chi connectivity index (χ4v) is 3.28. The third kappa shape index (κ3) is 6.68. The summed E-state index contributed by atoms with van der Waals surface area (Å²) in [7, 11) is 0. The third-order valence-corrected chi connectivity index (χ3v) is 4.72. The Kier molecular flexibility index (Phi) is 10.6. The Morgan fingerprint density at radius 1 is 0.333 bits per heavy atom. The molecule has 0 N–H and O–H groups in total. The van der Waals surface area contributed by atoms with Crippen LogP contribution in [0.3, 0.4) is 0 Å². The van der Waals surface area contributed by atoms with Crippen LogP contribution in [0.2, 0.25) is 0 Å². The summed E-state index contributed by atoms with van der Waals surface area (Å²) in [4.78, 5) is 0. The first kappa shape index (κ1) is 24.6. The van der Waals surface area contributed by atoms with E-state index >= 15 is 0 Å². The van der Waals surface area contributed by atoms with Crippen molar-refractivity contribution >= 4 is 83.4 Å². The average molecular weight is 406 g/mol. The van der Waals surface area contributed by atoms with Gasteiger partial charge in [-0.1, -0.05) is 133 Å². The van der Waals surface area contributed by atoms with Crippen molar-refractivity contribution in [3.63, 3.8) is 0 Å². The van der Waals surface area contributed by atoms with Crippen molar-refractivity contribution in [1.82, 2.24) is 0 Å². The second kappa shape index (κ2) is 12.9. The Morgan fingerprint density at radius 3 is 1.07 bits per heavy atom. The zero-order valence-electron chi connectivity index (χ0n) is 15.7. The van der Waals surface area contributed by atoms with Crippen molar-refractivity contribution < 1.29 is 0 Å². The van der Waals surface area contributed by atoms with Gasteiger partial charge in [0.15, 0.2) is 0 Å². The quantitative estimate of drug-likeness (QED) is 0.266. The summed E-state index contributed by atoms with van der Waals surface area (Å²) in [6, 6.07) is 38.0. The molecule has 0 bridgehead atoms. The van der Waals surface area contributed by atoms with Crippen molar-refractivity contribution in [3.8, 4) is 11.1 Å². The van der Waals surface area contributed by atoms with E-state index in [-0.39, 0.29) is 59.1 Å². The van der Waals surface area contributed by atoms with Crippen LogP contribution in [0, 0.1) is 0 Å². The van der Waals surface area contributed by atoms with Crippen LogP contribution in [-0.4, -0.2) is 59.1 Å². The molecule has 0 unspecified atom stereocenters. The van der Waals surface area contributed by atoms with E-state index in [1.54, 1.807) is 0 Å². The molecule has 4 aromatic rings. The van der Waals surface area contributed by atoms with Crippen molar-refractivity contribution in [2.45, 2.75) is 0 Å². The molecule has 0 nitrogen and oxygen atoms in total. The van der Waals surface area contributed by atoms with Gasteiger partial charge in [0.1, 0.15) is 0 Å². The molecule has 0 aliphatic rings. The van der Waals surface area contributed by atoms with Crippen LogP contribution in [0.15, 0.2) is 109 Å². The molecule has 4 aromatic carbocycles. The predicted octanol–water partition coefficient (Wildman–Crippen LogP) is 6.40. The number of rotatable bonds is 5. The molecular formula is C28H24Na2. The number of benzene rings is 4. The first-order chi connectivity index (χ1) is 13.9. The maximum atomic E-state index is 2.20. The fourth-order valence-electron chi connectivity index (χ4n) is 3.28. The molecule has 0 spiro atoms. The van der Waals surface area contributed by atoms with Crippen molar-refractivity contribution in [3.05, 3.63) is 131 Å². The van der Waals surface area contributed by atoms with Crippen LogP contribution < -0.4 is 0 Å². The van der Waals surface area contributed by atoms with E-state index in [0.717, 1.165) is 0 Å². The Bertz CT molecular complexity index is 1010. The molecule has 0 aliphatic heterocycles. The summed E-state index contributed by atoms with van der Waals surface area (Å²) >= 11 is 0. The molecule has 0 atom stereocenters. The number of hydrogen-bond acceptors (Lipinski definition) is 0. The monoisotopic (exact) mass is 406 g/mol. The Balaban J connectivity index is 0.00000160. The van der Waals surface area contributed by atoms with Crippen LogP contribution in [0.5, 0.6) is 0 Å². The zero-order chi connectivity index (χ0) is 19.0. The van der Waals surface area contributed by atoms with E-state index in [1.165, 1.54) is 33.4 Å². The van der Waals surface area contributed by atoms with Gasteiger partial charge in [-0.05, 0) is 33.4 Å². The molecule has 0 fully saturated rings. The molecule has 0 saturated carbocycles. The normalized spacial score (nSPS) is 10.5. The van der Waals surface area contributed by atoms with Crippen LogP contribution in [0.4, 0.5) is 0 Å². The summed E-state index contributed by atoms with van der Waals surface area (Å²) in [5.41, 5.74) is 7.31. The molecule has 0 amide bonds. The summed E-state index contributed by atoms with van der Waals surface area (Å²) in [6.07, 6.45) is 8.73. The second-order valence-electron chi connectivity index (χ2n) is 6.66. The standard InChI is InChI=1S/C28H22.2Na.2H/c1-3-11-23(12-4-1)19-21-25-15-7-9-17-27(25)28-18-10-8-16-26(28)22-20-24-13-5-2-6-14-24;;;;/h1-22H;;;;/b21-19+,22-20+;;;;. The molecular weight excluding hydrogens is 382 g/mol. The van der Waals surface area contributed by atoms with Gasteiger partial charge in [-0.15, -0.1) is 0 Å². The summed E-state index contributed by atoms with van der Waals surface area (Å²) in [5, 5.41) is 0. The molecule has 0 saturated heterocycles. The second-order valence-corrected chi connectivity index (χ2v) is 6.66. The molecule has 4 rings (SSSR count). The minimum atomic E-state index is 0. The van der Waals surface area contributed by atoms with Gasteiger partial charge in [0.25, 0.3) is 0 Å². The summed E-state index contributed by atoms with van der Waals surface area (Å²) in [5.74, 6) is 0. The fraction of sp³-hybridized carbons (Fsp3) is 0. The zero-order valence-corrected chi connectivity index (χ0v) is 15.7. The summed E-state index contributed by atoms with van der Waals surface area (Å²) < 4.78 is 0. The van der Waals surface area contributed by atoms with Gasteiger partial charge >= 0.3 is 59.1 Å². The average Bonchev–Trinajstić information content (AvgIpc) is 2.78. The Hall–Kier alpha value is -1.64. The van der Waals surface area contributed by atoms with Crippen LogP contribution in [0.25, 0.3) is 35.4 Å². The van der Waals surface area contributed by atoms with E-state index in [9.17, 15) is 0 Å². The van der Waals surface area contributed by atoms with E-state index < -0.39 is 0 Å². The Labute approximate surface area is 224 Å². The van der Waals surface area contributed by atoms with Crippen molar-refractivity contribution in [2.24, 2.45) is 0 Å². The summed E-state index contributed by atoms with van der Waals surface area (Å²) in [6.45, 7) is 0. The topological polar surface area (TPSA) is 0 Å². The van der Waals surface area contributed by atoms with Gasteiger partial charge < -0.3 is 0 Å². The third-order valence-electron chi connectivity index (χ3n) is 4.72. The van der Waals surface area contributed by atoms with Crippen LogP contribution in [0.1, 0.15) is 22.3 Å². The van der Waals surface area contributed by atoms with Crippen LogP contribution in [-0.2, 0) is 0 Å². The van der Waals surface area contributed by atoms with E-state index in [2.05, 4.69) is 121 Å². The molecule has 0 aliphatic carbocycles. The van der Waals surface area contributed by atoms with Gasteiger partial charge in [0, 0.05) is 0 Å². The van der Waals surface area contributed by atoms with Gasteiger partial charge in [-0.3, -0.25) is 0 Å². The van der Waals surface area contributed by atoms with Crippen molar-refractivity contribution in [1.29, 1.82) is 0 Å². The van der Waals surface area contributed by atoms with Gasteiger partial charge in [-0.2, -0.15) is 0 Å². The molecule has 0 aromatic heterocycles. The minimum absolute atomic E-state index is 0. The molecule has 0 radical (unpaired) electrons. The maximum absolute atomic E-state index is 2.20. The predicted molar refractivity (Wildman–Crippen MR) is 137 cm³/mol. The van der Waals surface area contributed by atoms with Gasteiger partial charge in [0.05, 0.1) is 0 Å². The van der Waals surface area contributed by atoms with Crippen LogP contribution >= 0.6 is 0 Å². The molecule has 30 heavy (non-hydrogen) atoms. The van der Waals surface area contributed by atoms with Gasteiger partial charge in [-0.25, -0.2) is 0 Å². The first-order valence-corrected chi connectivity index (χ1v) is 9.55. The Morgan fingerprint density at radius 2 is 0.667 bits per heavy atom. The molecule has 0 heterocycles. The SMILES string of the molecule is C(=C\c1ccccc1-c1ccccc1/C=C/c1ccccc1)/c1ccccc1.[NaH].[NaH]. The van der Waals surface area contributed by atoms with E-state index in [1.807, 2.05) is 12.1 Å². The molecule has 138 valence electrons. The van der Waals surface area contributed by atoms with E-state index in [0.29, 0.717) is 0 Å². The first-order valence-electron chi connectivity index (χ1n) is 9.55. The van der Waals surface area contributed by atoms with Crippen molar-refractivity contribution in [2.75, 3.05) is 0 Å².